The van der Waals surface area contributed by atoms with Crippen LogP contribution in [0.2, 0.25) is 0 Å². The van der Waals surface area contributed by atoms with E-state index in [1.807, 2.05) is 0 Å². The number of nitriles is 1. The topological polar surface area (TPSA) is 136 Å². The number of aromatic nitrogens is 3. The zero-order valence-corrected chi connectivity index (χ0v) is 10.6. The molecule has 1 aromatic carbocycles. The average Bonchev–Trinajstić information content (AvgIpc) is 2.96. The zero-order chi connectivity index (χ0) is 15.0. The molecule has 1 aliphatic heterocycles. The highest BCUT2D eigenvalue weighted by molar-refractivity contribution is 5.66. The van der Waals surface area contributed by atoms with Crippen LogP contribution in [0.15, 0.2) is 36.2 Å². The lowest BCUT2D eigenvalue weighted by molar-refractivity contribution is -0.384. The Morgan fingerprint density at radius 3 is 2.76 bits per heavy atom. The van der Waals surface area contributed by atoms with Gasteiger partial charge >= 0.3 is 0 Å². The van der Waals surface area contributed by atoms with Gasteiger partial charge in [0.25, 0.3) is 5.69 Å². The molecule has 3 N–H and O–H groups in total. The number of nitrogens with two attached hydrogens (primary N) is 1. The fraction of sp³-hybridized carbons (Fsp3) is 0.0833. The van der Waals surface area contributed by atoms with Crippen molar-refractivity contribution in [2.45, 2.75) is 6.04 Å². The summed E-state index contributed by atoms with van der Waals surface area (Å²) in [5.41, 5.74) is 6.90. The Bertz CT molecular complexity index is 785. The summed E-state index contributed by atoms with van der Waals surface area (Å²) < 4.78 is 1.47. The molecular formula is C12H9N7O2. The summed E-state index contributed by atoms with van der Waals surface area (Å²) in [7, 11) is 0. The molecule has 9 heteroatoms. The van der Waals surface area contributed by atoms with Gasteiger partial charge in [-0.2, -0.15) is 5.26 Å². The van der Waals surface area contributed by atoms with Gasteiger partial charge < -0.3 is 11.1 Å². The van der Waals surface area contributed by atoms with E-state index in [-0.39, 0.29) is 11.5 Å². The first-order valence-electron chi connectivity index (χ1n) is 5.93. The first kappa shape index (κ1) is 12.6. The molecule has 1 unspecified atom stereocenters. The number of nitrogens with zero attached hydrogens (tertiary/aromatic N) is 5. The van der Waals surface area contributed by atoms with Crippen molar-refractivity contribution in [1.82, 2.24) is 14.8 Å². The Balaban J connectivity index is 2.05. The number of anilines is 1. The van der Waals surface area contributed by atoms with Gasteiger partial charge in [0, 0.05) is 12.1 Å². The molecule has 3 rings (SSSR count). The molecule has 0 saturated carbocycles. The van der Waals surface area contributed by atoms with E-state index in [0.717, 1.165) is 0 Å². The Hall–Kier alpha value is -3.41. The van der Waals surface area contributed by atoms with Gasteiger partial charge in [0.1, 0.15) is 18.2 Å². The normalized spacial score (nSPS) is 16.8. The molecule has 0 fully saturated rings. The molecule has 104 valence electrons. The second-order valence-electron chi connectivity index (χ2n) is 4.36. The third-order valence-electron chi connectivity index (χ3n) is 3.20. The van der Waals surface area contributed by atoms with Crippen molar-refractivity contribution in [3.05, 3.63) is 51.8 Å². The van der Waals surface area contributed by atoms with Gasteiger partial charge in [0.2, 0.25) is 5.95 Å². The van der Waals surface area contributed by atoms with Crippen LogP contribution in [-0.4, -0.2) is 19.7 Å². The Morgan fingerprint density at radius 2 is 2.14 bits per heavy atom. The smallest absolute Gasteiger partial charge is 0.269 e. The molecule has 1 aliphatic rings. The van der Waals surface area contributed by atoms with Crippen molar-refractivity contribution in [3.63, 3.8) is 0 Å². The second-order valence-corrected chi connectivity index (χ2v) is 4.36. The molecule has 0 aliphatic carbocycles. The Labute approximate surface area is 118 Å². The fourth-order valence-corrected chi connectivity index (χ4v) is 2.15. The van der Waals surface area contributed by atoms with E-state index in [0.29, 0.717) is 17.1 Å². The molecule has 0 spiro atoms. The highest BCUT2D eigenvalue weighted by Gasteiger charge is 2.28. The lowest BCUT2D eigenvalue weighted by Gasteiger charge is -2.25. The summed E-state index contributed by atoms with van der Waals surface area (Å²) >= 11 is 0. The maximum Gasteiger partial charge on any atom is 0.269 e. The molecule has 0 saturated heterocycles. The van der Waals surface area contributed by atoms with Crippen LogP contribution in [-0.2, 0) is 0 Å². The molecule has 0 radical (unpaired) electrons. The van der Waals surface area contributed by atoms with E-state index in [2.05, 4.69) is 21.6 Å². The molecule has 2 aromatic rings. The van der Waals surface area contributed by atoms with Crippen molar-refractivity contribution in [2.75, 3.05) is 5.32 Å². The number of nitrogens with one attached hydrogen (secondary N) is 1. The van der Waals surface area contributed by atoms with Crippen LogP contribution < -0.4 is 11.1 Å². The number of hydrogen-bond acceptors (Lipinski definition) is 7. The minimum atomic E-state index is -0.521. The molecule has 0 bridgehead atoms. The summed E-state index contributed by atoms with van der Waals surface area (Å²) in [6.45, 7) is 0. The molecule has 1 aromatic heterocycles. The van der Waals surface area contributed by atoms with Crippen molar-refractivity contribution in [3.8, 4) is 6.07 Å². The number of fused-ring (bicyclic) bond motifs is 1. The number of benzene rings is 1. The predicted octanol–water partition coefficient (Wildman–Crippen LogP) is 1.00. The lowest BCUT2D eigenvalue weighted by Crippen LogP contribution is -2.26. The number of nitro benzene ring substituents is 1. The second kappa shape index (κ2) is 4.61. The summed E-state index contributed by atoms with van der Waals surface area (Å²) in [4.78, 5) is 10.2. The first-order chi connectivity index (χ1) is 10.1. The number of rotatable bonds is 2. The highest BCUT2D eigenvalue weighted by atomic mass is 16.6. The minimum absolute atomic E-state index is 0.0202. The summed E-state index contributed by atoms with van der Waals surface area (Å²) in [6, 6.07) is 7.44. The molecule has 0 amide bonds. The lowest BCUT2D eigenvalue weighted by atomic mass is 9.98. The third kappa shape index (κ3) is 1.95. The summed E-state index contributed by atoms with van der Waals surface area (Å²) in [6.07, 6.45) is 1.40. The van der Waals surface area contributed by atoms with Crippen LogP contribution in [0.3, 0.4) is 0 Å². The molecule has 1 atom stereocenters. The number of nitro groups is 1. The van der Waals surface area contributed by atoms with E-state index in [9.17, 15) is 15.4 Å². The first-order valence-corrected chi connectivity index (χ1v) is 5.93. The minimum Gasteiger partial charge on any atom is -0.384 e. The van der Waals surface area contributed by atoms with Crippen LogP contribution in [0.1, 0.15) is 11.6 Å². The van der Waals surface area contributed by atoms with Crippen LogP contribution in [0.4, 0.5) is 11.6 Å². The van der Waals surface area contributed by atoms with Gasteiger partial charge in [0.15, 0.2) is 0 Å². The fourth-order valence-electron chi connectivity index (χ4n) is 2.15. The van der Waals surface area contributed by atoms with Crippen molar-refractivity contribution in [2.24, 2.45) is 5.73 Å². The van der Waals surface area contributed by atoms with Crippen LogP contribution in [0, 0.1) is 21.4 Å². The van der Waals surface area contributed by atoms with Crippen LogP contribution in [0.25, 0.3) is 5.82 Å². The van der Waals surface area contributed by atoms with Gasteiger partial charge in [-0.1, -0.05) is 0 Å². The van der Waals surface area contributed by atoms with Crippen molar-refractivity contribution in [1.29, 1.82) is 5.26 Å². The summed E-state index contributed by atoms with van der Waals surface area (Å²) in [5.74, 6) is 0.648. The van der Waals surface area contributed by atoms with Gasteiger partial charge in [-0.05, 0) is 17.7 Å². The number of non-ortho nitro benzene ring substituents is 1. The van der Waals surface area contributed by atoms with Gasteiger partial charge in [-0.3, -0.25) is 14.7 Å². The van der Waals surface area contributed by atoms with E-state index in [1.165, 1.54) is 23.0 Å². The van der Waals surface area contributed by atoms with Crippen molar-refractivity contribution >= 4 is 17.5 Å². The highest BCUT2D eigenvalue weighted by Crippen LogP contribution is 2.33. The average molecular weight is 283 g/mol. The molecule has 9 nitrogen and oxygen atoms in total. The molecule has 2 heterocycles. The maximum atomic E-state index is 10.7. The van der Waals surface area contributed by atoms with Gasteiger partial charge in [-0.25, -0.2) is 0 Å². The van der Waals surface area contributed by atoms with Gasteiger partial charge in [-0.15, -0.1) is 10.2 Å². The monoisotopic (exact) mass is 283 g/mol. The quantitative estimate of drug-likeness (QED) is 0.619. The van der Waals surface area contributed by atoms with Crippen molar-refractivity contribution < 1.29 is 4.92 Å². The molecule has 21 heavy (non-hydrogen) atoms. The zero-order valence-electron chi connectivity index (χ0n) is 10.6. The van der Waals surface area contributed by atoms with Crippen LogP contribution >= 0.6 is 0 Å². The van der Waals surface area contributed by atoms with Gasteiger partial charge in [0.05, 0.1) is 16.5 Å². The Kier molecular flexibility index (Phi) is 2.77. The summed E-state index contributed by atoms with van der Waals surface area (Å²) in [5, 5.41) is 30.6. The standard InChI is InChI=1S/C12H9N7O2/c13-5-9-10(7-1-3-8(4-2-7)19(20)21)16-12-17-15-6-18(12)11(9)14/h1-4,6,10H,14H2,(H,16,17). The van der Waals surface area contributed by atoms with E-state index in [4.69, 9.17) is 5.73 Å². The van der Waals surface area contributed by atoms with E-state index < -0.39 is 11.0 Å². The molecular weight excluding hydrogens is 274 g/mol. The largest absolute Gasteiger partial charge is 0.384 e. The third-order valence-corrected chi connectivity index (χ3v) is 3.20. The predicted molar refractivity (Wildman–Crippen MR) is 72.5 cm³/mol. The van der Waals surface area contributed by atoms with Crippen LogP contribution in [0.5, 0.6) is 0 Å². The SMILES string of the molecule is N#CC1=C(N)n2cnnc2NC1c1ccc([N+](=O)[O-])cc1. The number of hydrogen-bond donors (Lipinski definition) is 2. The maximum absolute atomic E-state index is 10.7. The van der Waals surface area contributed by atoms with E-state index >= 15 is 0 Å². The Morgan fingerprint density at radius 1 is 1.43 bits per heavy atom. The van der Waals surface area contributed by atoms with E-state index in [1.54, 1.807) is 12.1 Å².